The quantitative estimate of drug-likeness (QED) is 0.0465. The predicted octanol–water partition coefficient (Wildman–Crippen LogP) is 7.75. The second-order valence-electron chi connectivity index (χ2n) is 14.4. The van der Waals surface area contributed by atoms with E-state index >= 15 is 4.39 Å². The van der Waals surface area contributed by atoms with Gasteiger partial charge in [0.15, 0.2) is 0 Å². The number of alkyl halides is 4. The third-order valence-electron chi connectivity index (χ3n) is 9.87. The summed E-state index contributed by atoms with van der Waals surface area (Å²) < 4.78 is 129. The number of halogens is 8. The van der Waals surface area contributed by atoms with Crippen molar-refractivity contribution in [2.75, 3.05) is 11.9 Å². The zero-order valence-electron chi connectivity index (χ0n) is 32.2. The number of aryl methyl sites for hydroxylation is 1. The minimum absolute atomic E-state index is 0.0758. The summed E-state index contributed by atoms with van der Waals surface area (Å²) in [5, 5.41) is 16.4. The lowest BCUT2D eigenvalue weighted by Gasteiger charge is -2.26. The van der Waals surface area contributed by atoms with Crippen LogP contribution in [-0.2, 0) is 27.8 Å². The summed E-state index contributed by atoms with van der Waals surface area (Å²) in [6.45, 7) is -0.359. The Balaban J connectivity index is 1.48. The largest absolute Gasteiger partial charge is 0.377 e. The molecule has 4 aromatic carbocycles. The summed E-state index contributed by atoms with van der Waals surface area (Å²) in [6, 6.07) is 14.2. The first-order valence-electron chi connectivity index (χ1n) is 18.7. The van der Waals surface area contributed by atoms with Crippen LogP contribution in [0.3, 0.4) is 0 Å². The molecule has 6 aromatic rings. The number of sulfonamides is 1. The lowest BCUT2D eigenvalue weighted by Crippen LogP contribution is -2.38. The van der Waals surface area contributed by atoms with Gasteiger partial charge in [-0.15, -0.1) is 0 Å². The normalized spacial score (nSPS) is 13.5. The summed E-state index contributed by atoms with van der Waals surface area (Å²) in [5.74, 6) is -4.80. The molecule has 0 saturated heterocycles. The lowest BCUT2D eigenvalue weighted by molar-refractivity contribution is -0.122. The Morgan fingerprint density at radius 1 is 0.968 bits per heavy atom. The zero-order valence-corrected chi connectivity index (χ0v) is 33.8. The van der Waals surface area contributed by atoms with Gasteiger partial charge in [-0.1, -0.05) is 35.9 Å². The summed E-state index contributed by atoms with van der Waals surface area (Å²) in [6.07, 6.45) is -5.91. The van der Waals surface area contributed by atoms with Crippen molar-refractivity contribution in [1.29, 1.82) is 5.41 Å². The average molecular weight is 903 g/mol. The first-order valence-corrected chi connectivity index (χ1v) is 20.7. The van der Waals surface area contributed by atoms with Crippen molar-refractivity contribution in [2.45, 2.75) is 56.9 Å². The number of nitrogens with zero attached hydrogens (tertiary/aromatic N) is 4. The fourth-order valence-electron chi connectivity index (χ4n) is 6.89. The monoisotopic (exact) mass is 902 g/mol. The van der Waals surface area contributed by atoms with Crippen LogP contribution in [0, 0.1) is 29.8 Å². The SMILES string of the molecule is Cc1cc(C(F)F)nn1CC(=O)NC(Cc1cc(F)cc(F)c1)c1nc2cc(-c3ccccc3F)ccc2c(=O)n1-c1ccc(Cl)c(C(=N)NS(=O)(=O)C2CC2)c1NCC(F)F. The molecule has 0 bridgehead atoms. The van der Waals surface area contributed by atoms with Crippen molar-refractivity contribution in [2.24, 2.45) is 0 Å². The summed E-state index contributed by atoms with van der Waals surface area (Å²) in [7, 11) is -4.13. The second-order valence-corrected chi connectivity index (χ2v) is 16.8. The number of fused-ring (bicyclic) bond motifs is 1. The molecule has 1 unspecified atom stereocenters. The van der Waals surface area contributed by atoms with Crippen LogP contribution in [0.1, 0.15) is 53.6 Å². The maximum Gasteiger partial charge on any atom is 0.282 e. The molecule has 1 fully saturated rings. The van der Waals surface area contributed by atoms with Gasteiger partial charge in [-0.2, -0.15) is 5.10 Å². The molecule has 62 heavy (non-hydrogen) atoms. The van der Waals surface area contributed by atoms with Gasteiger partial charge in [-0.25, -0.2) is 44.1 Å². The molecule has 2 heterocycles. The minimum atomic E-state index is -4.13. The van der Waals surface area contributed by atoms with Gasteiger partial charge in [0, 0.05) is 23.7 Å². The Morgan fingerprint density at radius 3 is 2.32 bits per heavy atom. The van der Waals surface area contributed by atoms with Gasteiger partial charge < -0.3 is 10.6 Å². The Kier molecular flexibility index (Phi) is 12.4. The summed E-state index contributed by atoms with van der Waals surface area (Å²) in [5.41, 5.74) is -2.39. The Bertz CT molecular complexity index is 2890. The number of carbonyl (C=O) groups excluding carboxylic acids is 1. The number of benzene rings is 4. The van der Waals surface area contributed by atoms with E-state index < -0.39 is 111 Å². The standard InChI is InChI=1S/C41H34ClF7N8O4S/c1-20-12-31(38(48)49)54-56(20)19-35(58)52-32(15-21-13-23(43)17-24(44)14-21)40-53-30-16-22(26-4-2-3-5-29(26)45)6-9-27(30)41(59)57(40)33-11-10-28(42)36(37(33)51-18-34(46)47)39(50)55-62(60,61)25-7-8-25/h2-6,9-14,16-17,25,32,34,38,51H,7-8,15,18-19H2,1H3,(H2,50,55)(H,52,58). The Morgan fingerprint density at radius 2 is 1.68 bits per heavy atom. The van der Waals surface area contributed by atoms with Gasteiger partial charge >= 0.3 is 0 Å². The number of carbonyl (C=O) groups is 1. The molecule has 7 rings (SSSR count). The molecule has 2 aromatic heterocycles. The van der Waals surface area contributed by atoms with Crippen LogP contribution < -0.4 is 20.9 Å². The van der Waals surface area contributed by atoms with E-state index in [-0.39, 0.29) is 44.0 Å². The van der Waals surface area contributed by atoms with Crippen LogP contribution in [0.15, 0.2) is 83.7 Å². The van der Waals surface area contributed by atoms with Crippen LogP contribution in [0.4, 0.5) is 36.4 Å². The number of rotatable bonds is 15. The summed E-state index contributed by atoms with van der Waals surface area (Å²) >= 11 is 6.55. The highest BCUT2D eigenvalue weighted by Gasteiger charge is 2.37. The third kappa shape index (κ3) is 9.45. The number of amidine groups is 1. The molecule has 0 aliphatic heterocycles. The van der Waals surface area contributed by atoms with E-state index in [0.29, 0.717) is 18.9 Å². The van der Waals surface area contributed by atoms with Crippen molar-refractivity contribution in [3.05, 3.63) is 140 Å². The minimum Gasteiger partial charge on any atom is -0.377 e. The predicted molar refractivity (Wildman–Crippen MR) is 217 cm³/mol. The highest BCUT2D eigenvalue weighted by atomic mass is 35.5. The van der Waals surface area contributed by atoms with E-state index in [2.05, 4.69) is 20.5 Å². The van der Waals surface area contributed by atoms with E-state index in [1.165, 1.54) is 49.4 Å². The molecule has 1 aliphatic rings. The van der Waals surface area contributed by atoms with Crippen molar-refractivity contribution in [3.63, 3.8) is 0 Å². The van der Waals surface area contributed by atoms with Crippen LogP contribution in [0.25, 0.3) is 27.7 Å². The van der Waals surface area contributed by atoms with Crippen LogP contribution in [0.2, 0.25) is 5.02 Å². The van der Waals surface area contributed by atoms with Crippen molar-refractivity contribution < 1.29 is 43.9 Å². The van der Waals surface area contributed by atoms with Gasteiger partial charge in [-0.05, 0) is 79.4 Å². The molecule has 21 heteroatoms. The molecule has 0 spiro atoms. The van der Waals surface area contributed by atoms with Crippen LogP contribution in [-0.4, -0.2) is 57.7 Å². The lowest BCUT2D eigenvalue weighted by atomic mass is 10.0. The van der Waals surface area contributed by atoms with Crippen molar-refractivity contribution in [3.8, 4) is 16.8 Å². The molecular weight excluding hydrogens is 869 g/mol. The van der Waals surface area contributed by atoms with E-state index in [1.54, 1.807) is 6.07 Å². The topological polar surface area (TPSA) is 164 Å². The van der Waals surface area contributed by atoms with Crippen LogP contribution >= 0.6 is 11.6 Å². The number of anilines is 1. The Labute approximate surface area is 353 Å². The molecule has 1 atom stereocenters. The van der Waals surface area contributed by atoms with Crippen molar-refractivity contribution in [1.82, 2.24) is 29.4 Å². The molecule has 4 N–H and O–H groups in total. The third-order valence-corrected chi connectivity index (χ3v) is 12.0. The average Bonchev–Trinajstić information content (AvgIpc) is 4.00. The van der Waals surface area contributed by atoms with Gasteiger partial charge in [0.25, 0.3) is 18.4 Å². The van der Waals surface area contributed by atoms with Crippen molar-refractivity contribution >= 4 is 50.0 Å². The number of hydrogen-bond acceptors (Lipinski definition) is 8. The number of amides is 1. The second kappa shape index (κ2) is 17.6. The van der Waals surface area contributed by atoms with Crippen LogP contribution in [0.5, 0.6) is 0 Å². The van der Waals surface area contributed by atoms with E-state index in [1.807, 2.05) is 0 Å². The van der Waals surface area contributed by atoms with Gasteiger partial charge in [-0.3, -0.25) is 29.0 Å². The highest BCUT2D eigenvalue weighted by molar-refractivity contribution is 7.91. The maximum atomic E-state index is 15.0. The number of nitrogens with one attached hydrogen (secondary N) is 4. The zero-order chi connectivity index (χ0) is 44.6. The fourth-order valence-corrected chi connectivity index (χ4v) is 8.45. The van der Waals surface area contributed by atoms with E-state index in [0.717, 1.165) is 33.5 Å². The van der Waals surface area contributed by atoms with E-state index in [9.17, 15) is 44.3 Å². The molecule has 12 nitrogen and oxygen atoms in total. The van der Waals surface area contributed by atoms with Gasteiger partial charge in [0.2, 0.25) is 15.9 Å². The number of hydrogen-bond donors (Lipinski definition) is 4. The van der Waals surface area contributed by atoms with E-state index in [4.69, 9.17) is 22.0 Å². The molecule has 1 aliphatic carbocycles. The highest BCUT2D eigenvalue weighted by Crippen LogP contribution is 2.35. The molecule has 1 saturated carbocycles. The van der Waals surface area contributed by atoms with Gasteiger partial charge in [0.1, 0.15) is 41.4 Å². The molecular formula is C41H34ClF7N8O4S. The fraction of sp³-hybridized carbons (Fsp3) is 0.244. The molecule has 1 amide bonds. The number of aromatic nitrogens is 4. The summed E-state index contributed by atoms with van der Waals surface area (Å²) in [4.78, 5) is 33.6. The first kappa shape index (κ1) is 43.8. The Hall–Kier alpha value is -6.28. The smallest absolute Gasteiger partial charge is 0.282 e. The first-order chi connectivity index (χ1) is 29.4. The maximum absolute atomic E-state index is 15.0. The molecule has 0 radical (unpaired) electrons. The van der Waals surface area contributed by atoms with Gasteiger partial charge in [0.05, 0.1) is 50.7 Å². The molecule has 324 valence electrons.